The molecule has 8 nitrogen and oxygen atoms in total. The van der Waals surface area contributed by atoms with Crippen LogP contribution < -0.4 is 16.6 Å². The van der Waals surface area contributed by atoms with Crippen molar-refractivity contribution in [2.45, 2.75) is 45.6 Å². The molecule has 0 unspecified atom stereocenters. The Morgan fingerprint density at radius 1 is 1.35 bits per heavy atom. The van der Waals surface area contributed by atoms with Crippen molar-refractivity contribution in [3.63, 3.8) is 0 Å². The Balaban J connectivity index is 1.92. The Morgan fingerprint density at radius 2 is 2.09 bits per heavy atom. The number of carbonyl (C=O) groups is 1. The third-order valence-corrected chi connectivity index (χ3v) is 4.50. The van der Waals surface area contributed by atoms with Crippen LogP contribution in [-0.2, 0) is 11.3 Å². The fourth-order valence-electron chi connectivity index (χ4n) is 2.11. The molecule has 2 rings (SSSR count). The highest BCUT2D eigenvalue weighted by Gasteiger charge is 2.14. The van der Waals surface area contributed by atoms with Crippen LogP contribution in [0.25, 0.3) is 0 Å². The maximum absolute atomic E-state index is 11.9. The fourth-order valence-corrected chi connectivity index (χ4v) is 3.14. The first-order valence-corrected chi connectivity index (χ1v) is 8.28. The van der Waals surface area contributed by atoms with Crippen molar-refractivity contribution in [2.75, 3.05) is 5.32 Å². The first kappa shape index (κ1) is 17.1. The smallest absolute Gasteiger partial charge is 0.300 e. The zero-order chi connectivity index (χ0) is 16.8. The van der Waals surface area contributed by atoms with Crippen LogP contribution in [0.4, 0.5) is 5.13 Å². The lowest BCUT2D eigenvalue weighted by molar-refractivity contribution is -0.116. The number of hydrogen-bond acceptors (Lipinski definition) is 6. The second kappa shape index (κ2) is 7.82. The molecule has 0 aliphatic carbocycles. The summed E-state index contributed by atoms with van der Waals surface area (Å²) in [7, 11) is 0. The van der Waals surface area contributed by atoms with Crippen LogP contribution in [0.5, 0.6) is 0 Å². The largest absolute Gasteiger partial charge is 0.328 e. The molecule has 0 saturated heterocycles. The van der Waals surface area contributed by atoms with Crippen LogP contribution >= 0.6 is 11.3 Å². The molecule has 2 heterocycles. The van der Waals surface area contributed by atoms with Gasteiger partial charge in [-0.1, -0.05) is 25.2 Å². The molecule has 0 aromatic carbocycles. The summed E-state index contributed by atoms with van der Waals surface area (Å²) in [6.45, 7) is 4.37. The first-order chi connectivity index (χ1) is 11.0. The maximum Gasteiger partial charge on any atom is 0.328 e. The van der Waals surface area contributed by atoms with E-state index in [4.69, 9.17) is 0 Å². The Kier molecular flexibility index (Phi) is 5.80. The number of aromatic nitrogens is 4. The van der Waals surface area contributed by atoms with Crippen molar-refractivity contribution < 1.29 is 4.79 Å². The topological polar surface area (TPSA) is 110 Å². The molecule has 0 spiro atoms. The minimum Gasteiger partial charge on any atom is -0.300 e. The maximum atomic E-state index is 11.9. The molecule has 2 aromatic heterocycles. The highest BCUT2D eigenvalue weighted by atomic mass is 32.1. The van der Waals surface area contributed by atoms with Gasteiger partial charge >= 0.3 is 5.69 Å². The Hall–Kier alpha value is -2.29. The monoisotopic (exact) mass is 337 g/mol. The second-order valence-electron chi connectivity index (χ2n) is 5.06. The standard InChI is InChI=1S/C14H19N5O3S/c1-3-9(4-2)12-17-18-13(23-12)15-10(20)5-7-19-8-6-11(21)16-14(19)22/h6,8-9H,3-5,7H2,1-2H3,(H,15,18,20)(H,16,21,22). The van der Waals surface area contributed by atoms with E-state index in [1.165, 1.54) is 28.2 Å². The molecule has 9 heteroatoms. The molecule has 0 fully saturated rings. The number of aromatic amines is 1. The Bertz CT molecular complexity index is 775. The van der Waals surface area contributed by atoms with Crippen LogP contribution in [0.2, 0.25) is 0 Å². The summed E-state index contributed by atoms with van der Waals surface area (Å²) in [5.41, 5.74) is -0.990. The fraction of sp³-hybridized carbons (Fsp3) is 0.500. The van der Waals surface area contributed by atoms with E-state index in [9.17, 15) is 14.4 Å². The predicted octanol–water partition coefficient (Wildman–Crippen LogP) is 1.32. The summed E-state index contributed by atoms with van der Waals surface area (Å²) in [6, 6.07) is 1.24. The molecule has 0 aliphatic rings. The lowest BCUT2D eigenvalue weighted by Gasteiger charge is -2.06. The number of amides is 1. The highest BCUT2D eigenvalue weighted by Crippen LogP contribution is 2.27. The van der Waals surface area contributed by atoms with E-state index in [1.54, 1.807) is 0 Å². The average Bonchev–Trinajstić information content (AvgIpc) is 2.96. The lowest BCUT2D eigenvalue weighted by atomic mass is 10.1. The molecule has 124 valence electrons. The molecule has 2 N–H and O–H groups in total. The van der Waals surface area contributed by atoms with Crippen LogP contribution in [0.1, 0.15) is 44.0 Å². The molecule has 23 heavy (non-hydrogen) atoms. The van der Waals surface area contributed by atoms with Crippen LogP contribution in [-0.4, -0.2) is 25.7 Å². The zero-order valence-electron chi connectivity index (χ0n) is 13.0. The van der Waals surface area contributed by atoms with Gasteiger partial charge in [0.2, 0.25) is 11.0 Å². The number of rotatable bonds is 7. The molecule has 0 saturated carbocycles. The summed E-state index contributed by atoms with van der Waals surface area (Å²) in [4.78, 5) is 36.5. The Labute approximate surface area is 136 Å². The third-order valence-electron chi connectivity index (χ3n) is 3.50. The summed E-state index contributed by atoms with van der Waals surface area (Å²) in [6.07, 6.45) is 3.43. The summed E-state index contributed by atoms with van der Waals surface area (Å²) in [5.74, 6) is 0.105. The summed E-state index contributed by atoms with van der Waals surface area (Å²) >= 11 is 1.38. The van der Waals surface area contributed by atoms with Gasteiger partial charge in [-0.25, -0.2) is 4.79 Å². The van der Waals surface area contributed by atoms with Gasteiger partial charge in [0.1, 0.15) is 5.01 Å². The van der Waals surface area contributed by atoms with E-state index in [0.717, 1.165) is 17.8 Å². The molecule has 1 amide bonds. The van der Waals surface area contributed by atoms with Crippen molar-refractivity contribution >= 4 is 22.4 Å². The minimum absolute atomic E-state index is 0.103. The molecular weight excluding hydrogens is 318 g/mol. The lowest BCUT2D eigenvalue weighted by Crippen LogP contribution is -2.29. The van der Waals surface area contributed by atoms with Gasteiger partial charge in [0.15, 0.2) is 0 Å². The van der Waals surface area contributed by atoms with Crippen molar-refractivity contribution in [3.05, 3.63) is 38.1 Å². The van der Waals surface area contributed by atoms with E-state index in [-0.39, 0.29) is 18.9 Å². The van der Waals surface area contributed by atoms with Crippen LogP contribution in [0.15, 0.2) is 21.9 Å². The third kappa shape index (κ3) is 4.59. The molecule has 0 aliphatic heterocycles. The van der Waals surface area contributed by atoms with Gasteiger partial charge in [0, 0.05) is 31.1 Å². The van der Waals surface area contributed by atoms with Gasteiger partial charge in [0.05, 0.1) is 0 Å². The van der Waals surface area contributed by atoms with E-state index in [1.807, 2.05) is 0 Å². The van der Waals surface area contributed by atoms with Crippen LogP contribution in [0, 0.1) is 0 Å². The summed E-state index contributed by atoms with van der Waals surface area (Å²) in [5, 5.41) is 12.2. The van der Waals surface area contributed by atoms with Gasteiger partial charge in [0.25, 0.3) is 5.56 Å². The van der Waals surface area contributed by atoms with Gasteiger partial charge in [-0.05, 0) is 12.8 Å². The van der Waals surface area contributed by atoms with Crippen LogP contribution in [0.3, 0.4) is 0 Å². The molecule has 2 aromatic rings. The Morgan fingerprint density at radius 3 is 2.74 bits per heavy atom. The van der Waals surface area contributed by atoms with E-state index >= 15 is 0 Å². The van der Waals surface area contributed by atoms with E-state index < -0.39 is 11.2 Å². The molecular formula is C14H19N5O3S. The normalized spacial score (nSPS) is 10.9. The first-order valence-electron chi connectivity index (χ1n) is 7.46. The quantitative estimate of drug-likeness (QED) is 0.792. The second-order valence-corrected chi connectivity index (χ2v) is 6.07. The van der Waals surface area contributed by atoms with Gasteiger partial charge in [-0.3, -0.25) is 14.6 Å². The van der Waals surface area contributed by atoms with Gasteiger partial charge in [-0.2, -0.15) is 0 Å². The molecule has 0 radical (unpaired) electrons. The highest BCUT2D eigenvalue weighted by molar-refractivity contribution is 7.15. The number of anilines is 1. The number of carbonyl (C=O) groups excluding carboxylic acids is 1. The van der Waals surface area contributed by atoms with E-state index in [2.05, 4.69) is 34.3 Å². The predicted molar refractivity (Wildman–Crippen MR) is 87.8 cm³/mol. The zero-order valence-corrected chi connectivity index (χ0v) is 13.9. The number of aryl methyl sites for hydroxylation is 1. The molecule has 0 atom stereocenters. The number of nitrogens with zero attached hydrogens (tertiary/aromatic N) is 3. The number of H-pyrrole nitrogens is 1. The van der Waals surface area contributed by atoms with Gasteiger partial charge < -0.3 is 9.88 Å². The van der Waals surface area contributed by atoms with Gasteiger partial charge in [-0.15, -0.1) is 10.2 Å². The SMILES string of the molecule is CCC(CC)c1nnc(NC(=O)CCn2ccc(=O)[nH]c2=O)s1. The van der Waals surface area contributed by atoms with Crippen molar-refractivity contribution in [3.8, 4) is 0 Å². The summed E-state index contributed by atoms with van der Waals surface area (Å²) < 4.78 is 1.27. The minimum atomic E-state index is -0.530. The van der Waals surface area contributed by atoms with Crippen molar-refractivity contribution in [2.24, 2.45) is 0 Å². The molecule has 0 bridgehead atoms. The number of nitrogens with one attached hydrogen (secondary N) is 2. The number of hydrogen-bond donors (Lipinski definition) is 2. The van der Waals surface area contributed by atoms with Crippen molar-refractivity contribution in [1.29, 1.82) is 0 Å². The van der Waals surface area contributed by atoms with E-state index in [0.29, 0.717) is 11.0 Å². The average molecular weight is 337 g/mol. The van der Waals surface area contributed by atoms with Crippen molar-refractivity contribution in [1.82, 2.24) is 19.7 Å².